The monoisotopic (exact) mass is 300 g/mol. The Kier molecular flexibility index (Phi) is 3.79. The number of rotatable bonds is 4. The molecule has 0 aromatic carbocycles. The van der Waals surface area contributed by atoms with E-state index in [1.165, 1.54) is 17.9 Å². The second kappa shape index (κ2) is 5.23. The quantitative estimate of drug-likeness (QED) is 0.718. The Morgan fingerprint density at radius 3 is 2.65 bits per heavy atom. The molecule has 2 aromatic rings. The average molecular weight is 300 g/mol. The smallest absolute Gasteiger partial charge is 0.259 e. The topological polar surface area (TPSA) is 132 Å². The van der Waals surface area contributed by atoms with Gasteiger partial charge in [0.05, 0.1) is 7.11 Å². The zero-order valence-corrected chi connectivity index (χ0v) is 12.1. The number of aromatic nitrogens is 5. The maximum atomic E-state index is 9.58. The summed E-state index contributed by atoms with van der Waals surface area (Å²) in [6.07, 6.45) is 3.78. The summed E-state index contributed by atoms with van der Waals surface area (Å²) in [7, 11) is -1.56. The van der Waals surface area contributed by atoms with E-state index in [0.29, 0.717) is 11.6 Å². The molecule has 0 unspecified atom stereocenters. The van der Waals surface area contributed by atoms with Crippen LogP contribution in [-0.4, -0.2) is 47.0 Å². The van der Waals surface area contributed by atoms with Crippen LogP contribution in [0, 0.1) is 0 Å². The molecule has 0 saturated heterocycles. The number of methoxy groups -OCH3 is 1. The summed E-state index contributed by atoms with van der Waals surface area (Å²) in [5, 5.41) is 3.97. The van der Waals surface area contributed by atoms with E-state index < -0.39 is 10.6 Å². The molecular formula is C10H16N6O3S. The van der Waals surface area contributed by atoms with Gasteiger partial charge in [0.2, 0.25) is 16.9 Å². The van der Waals surface area contributed by atoms with Crippen LogP contribution in [-0.2, 0) is 4.74 Å². The van der Waals surface area contributed by atoms with Crippen molar-refractivity contribution in [1.82, 2.24) is 24.6 Å². The molecule has 0 radical (unpaired) electrons. The minimum Gasteiger partial charge on any atom is -0.493 e. The molecular weight excluding hydrogens is 284 g/mol. The van der Waals surface area contributed by atoms with Gasteiger partial charge in [-0.15, -0.1) is 15.7 Å². The van der Waals surface area contributed by atoms with Crippen molar-refractivity contribution in [2.24, 2.45) is 0 Å². The van der Waals surface area contributed by atoms with Crippen LogP contribution in [0.4, 0.5) is 5.95 Å². The van der Waals surface area contributed by atoms with E-state index in [4.69, 9.17) is 10.5 Å². The fourth-order valence-electron chi connectivity index (χ4n) is 1.51. The molecule has 0 saturated carbocycles. The van der Waals surface area contributed by atoms with Crippen molar-refractivity contribution in [3.8, 4) is 0 Å². The second-order valence-corrected chi connectivity index (χ2v) is 6.06. The molecule has 110 valence electrons. The lowest BCUT2D eigenvalue weighted by Gasteiger charge is -2.23. The third-order valence-electron chi connectivity index (χ3n) is 2.39. The second-order valence-electron chi connectivity index (χ2n) is 4.03. The zero-order chi connectivity index (χ0) is 14.9. The first-order valence-electron chi connectivity index (χ1n) is 5.75. The van der Waals surface area contributed by atoms with E-state index in [-0.39, 0.29) is 16.9 Å². The van der Waals surface area contributed by atoms with Gasteiger partial charge in [-0.3, -0.25) is 9.11 Å². The highest BCUT2D eigenvalue weighted by atomic mass is 32.3. The molecule has 0 atom stereocenters. The Morgan fingerprint density at radius 1 is 1.40 bits per heavy atom. The number of nitrogens with two attached hydrogens (primary N) is 1. The van der Waals surface area contributed by atoms with Crippen LogP contribution < -0.4 is 5.73 Å². The van der Waals surface area contributed by atoms with Crippen molar-refractivity contribution >= 4 is 28.1 Å². The zero-order valence-electron chi connectivity index (χ0n) is 11.3. The summed E-state index contributed by atoms with van der Waals surface area (Å²) in [6.45, 7) is 1.95. The Balaban J connectivity index is 2.60. The Morgan fingerprint density at radius 2 is 2.10 bits per heavy atom. The van der Waals surface area contributed by atoms with Crippen molar-refractivity contribution in [3.63, 3.8) is 0 Å². The highest BCUT2D eigenvalue weighted by Crippen LogP contribution is 2.41. The molecule has 9 nitrogen and oxygen atoms in total. The first-order valence-corrected chi connectivity index (χ1v) is 7.70. The minimum atomic E-state index is -3.07. The van der Waals surface area contributed by atoms with Crippen molar-refractivity contribution in [2.45, 2.75) is 18.5 Å². The number of anilines is 1. The minimum absolute atomic E-state index is 0.0301. The predicted octanol–water partition coefficient (Wildman–Crippen LogP) is 1.24. The lowest BCUT2D eigenvalue weighted by atomic mass is 10.3. The fourth-order valence-corrected chi connectivity index (χ4v) is 2.04. The third-order valence-corrected chi connectivity index (χ3v) is 3.26. The van der Waals surface area contributed by atoms with Gasteiger partial charge in [-0.05, 0) is 12.5 Å². The highest BCUT2D eigenvalue weighted by Gasteiger charge is 2.19. The van der Waals surface area contributed by atoms with Crippen molar-refractivity contribution in [2.75, 3.05) is 19.1 Å². The number of fused-ring (bicyclic) bond motifs is 1. The standard InChI is InChI=1S/C10H16N6O3S/c1-4-5-6(19-2)7-12-9-14-10(20(3,17)18)13-8(11)16(9)15-7/h5,17-18H,4H2,1-3H3,(H2,11,12,13,14,15)/b6-5-. The van der Waals surface area contributed by atoms with Gasteiger partial charge in [0.1, 0.15) is 0 Å². The molecule has 0 fully saturated rings. The van der Waals surface area contributed by atoms with E-state index in [1.54, 1.807) is 0 Å². The van der Waals surface area contributed by atoms with Crippen molar-refractivity contribution in [1.29, 1.82) is 0 Å². The lowest BCUT2D eigenvalue weighted by Crippen LogP contribution is -2.09. The van der Waals surface area contributed by atoms with Crippen LogP contribution in [0.1, 0.15) is 19.2 Å². The van der Waals surface area contributed by atoms with Crippen LogP contribution in [0.25, 0.3) is 11.5 Å². The summed E-state index contributed by atoms with van der Waals surface area (Å²) in [6, 6.07) is 0. The molecule has 4 N–H and O–H groups in total. The van der Waals surface area contributed by atoms with E-state index in [1.807, 2.05) is 13.0 Å². The van der Waals surface area contributed by atoms with Gasteiger partial charge >= 0.3 is 0 Å². The van der Waals surface area contributed by atoms with E-state index >= 15 is 0 Å². The summed E-state index contributed by atoms with van der Waals surface area (Å²) in [5.41, 5.74) is 5.72. The van der Waals surface area contributed by atoms with E-state index in [0.717, 1.165) is 6.42 Å². The van der Waals surface area contributed by atoms with Gasteiger partial charge in [0.15, 0.2) is 5.76 Å². The largest absolute Gasteiger partial charge is 0.493 e. The molecule has 2 rings (SSSR count). The van der Waals surface area contributed by atoms with E-state index in [2.05, 4.69) is 20.1 Å². The SMILES string of the molecule is CC/C=C(\OC)c1nc2nc(S(C)(O)O)nc(N)n2n1. The molecule has 2 aromatic heterocycles. The van der Waals surface area contributed by atoms with E-state index in [9.17, 15) is 9.11 Å². The first kappa shape index (κ1) is 14.5. The Bertz CT molecular complexity index is 663. The maximum absolute atomic E-state index is 9.58. The molecule has 0 spiro atoms. The summed E-state index contributed by atoms with van der Waals surface area (Å²) in [4.78, 5) is 11.9. The number of nitrogens with zero attached hydrogens (tertiary/aromatic N) is 5. The molecule has 20 heavy (non-hydrogen) atoms. The van der Waals surface area contributed by atoms with Gasteiger partial charge in [-0.25, -0.2) is 0 Å². The lowest BCUT2D eigenvalue weighted by molar-refractivity contribution is 0.365. The number of ether oxygens (including phenoxy) is 1. The average Bonchev–Trinajstić information content (AvgIpc) is 2.79. The Hall–Kier alpha value is -1.91. The van der Waals surface area contributed by atoms with Crippen LogP contribution >= 0.6 is 10.6 Å². The predicted molar refractivity (Wildman–Crippen MR) is 75.3 cm³/mol. The van der Waals surface area contributed by atoms with Crippen LogP contribution in [0.3, 0.4) is 0 Å². The first-order chi connectivity index (χ1) is 9.36. The number of hydrogen-bond donors (Lipinski definition) is 3. The molecule has 0 amide bonds. The van der Waals surface area contributed by atoms with Gasteiger partial charge in [-0.1, -0.05) is 6.92 Å². The number of hydrogen-bond acceptors (Lipinski definition) is 8. The molecule has 0 aliphatic heterocycles. The summed E-state index contributed by atoms with van der Waals surface area (Å²) in [5.74, 6) is 0.892. The Labute approximate surface area is 116 Å². The van der Waals surface area contributed by atoms with Crippen LogP contribution in [0.15, 0.2) is 11.2 Å². The fraction of sp³-hybridized carbons (Fsp3) is 0.400. The normalized spacial score (nSPS) is 13.8. The maximum Gasteiger partial charge on any atom is 0.259 e. The van der Waals surface area contributed by atoms with Crippen LogP contribution in [0.5, 0.6) is 0 Å². The highest BCUT2D eigenvalue weighted by molar-refractivity contribution is 8.23. The molecule has 0 aliphatic rings. The summed E-state index contributed by atoms with van der Waals surface area (Å²) >= 11 is 0. The van der Waals surface area contributed by atoms with Gasteiger partial charge in [0.25, 0.3) is 5.78 Å². The van der Waals surface area contributed by atoms with Crippen LogP contribution in [0.2, 0.25) is 0 Å². The molecule has 10 heteroatoms. The van der Waals surface area contributed by atoms with Gasteiger partial charge in [0, 0.05) is 6.26 Å². The number of allylic oxidation sites excluding steroid dienone is 1. The van der Waals surface area contributed by atoms with Crippen molar-refractivity contribution in [3.05, 3.63) is 11.9 Å². The van der Waals surface area contributed by atoms with Crippen molar-refractivity contribution < 1.29 is 13.8 Å². The number of nitrogen functional groups attached to an aromatic ring is 1. The van der Waals surface area contributed by atoms with Gasteiger partial charge < -0.3 is 10.5 Å². The molecule has 0 aliphatic carbocycles. The van der Waals surface area contributed by atoms with Gasteiger partial charge in [-0.2, -0.15) is 19.5 Å². The molecule has 2 heterocycles. The third kappa shape index (κ3) is 2.66. The molecule has 0 bridgehead atoms. The summed E-state index contributed by atoms with van der Waals surface area (Å²) < 4.78 is 25.6.